The molecule has 0 spiro atoms. The molecule has 1 aromatic heterocycles. The van der Waals surface area contributed by atoms with Crippen molar-refractivity contribution in [2.45, 2.75) is 4.90 Å². The highest BCUT2D eigenvalue weighted by Crippen LogP contribution is 2.28. The van der Waals surface area contributed by atoms with Gasteiger partial charge in [-0.05, 0) is 36.4 Å². The zero-order chi connectivity index (χ0) is 24.9. The molecule has 0 saturated carbocycles. The average molecular weight is 494 g/mol. The van der Waals surface area contributed by atoms with Crippen molar-refractivity contribution >= 4 is 39.1 Å². The van der Waals surface area contributed by atoms with E-state index in [1.807, 2.05) is 4.72 Å². The molecule has 0 aliphatic carbocycles. The standard InChI is InChI=1S/C21H18F4N6O2S/c22-7-9-28-11-14(16-6-8-29-21(27)30-16)20(26)13-2-1-3-17(19(13)25)31-34(32,33)18-10-12(23)4-5-15(18)24/h1-6,8,10-11,31H,7,9,26H2,(H2,27,29,30). The van der Waals surface area contributed by atoms with Gasteiger partial charge in [0.15, 0.2) is 5.82 Å². The molecule has 178 valence electrons. The number of nitrogen functional groups attached to an aromatic ring is 1. The Morgan fingerprint density at radius 2 is 1.91 bits per heavy atom. The zero-order valence-corrected chi connectivity index (χ0v) is 18.2. The fourth-order valence-corrected chi connectivity index (χ4v) is 4.00. The molecule has 3 aromatic rings. The summed E-state index contributed by atoms with van der Waals surface area (Å²) in [5.41, 5.74) is 10.9. The number of nitrogens with two attached hydrogens (primary N) is 2. The summed E-state index contributed by atoms with van der Waals surface area (Å²) in [6, 6.07) is 6.86. The van der Waals surface area contributed by atoms with Crippen LogP contribution < -0.4 is 16.2 Å². The Morgan fingerprint density at radius 3 is 2.62 bits per heavy atom. The van der Waals surface area contributed by atoms with Gasteiger partial charge < -0.3 is 11.5 Å². The minimum Gasteiger partial charge on any atom is -0.398 e. The number of hydrogen-bond donors (Lipinski definition) is 3. The van der Waals surface area contributed by atoms with E-state index >= 15 is 4.39 Å². The predicted molar refractivity (Wildman–Crippen MR) is 120 cm³/mol. The number of allylic oxidation sites excluding steroid dienone is 1. The number of halogens is 4. The van der Waals surface area contributed by atoms with Gasteiger partial charge in [-0.2, -0.15) is 0 Å². The molecule has 0 radical (unpaired) electrons. The summed E-state index contributed by atoms with van der Waals surface area (Å²) in [7, 11) is -4.69. The fraction of sp³-hybridized carbons (Fsp3) is 0.0952. The van der Waals surface area contributed by atoms with Crippen LogP contribution in [0.2, 0.25) is 0 Å². The van der Waals surface area contributed by atoms with Crippen LogP contribution in [-0.4, -0.2) is 37.8 Å². The van der Waals surface area contributed by atoms with Crippen molar-refractivity contribution in [3.63, 3.8) is 0 Å². The lowest BCUT2D eigenvalue weighted by Crippen LogP contribution is -2.17. The van der Waals surface area contributed by atoms with Gasteiger partial charge in [-0.25, -0.2) is 35.9 Å². The van der Waals surface area contributed by atoms with Gasteiger partial charge in [0.1, 0.15) is 23.2 Å². The molecule has 1 heterocycles. The lowest BCUT2D eigenvalue weighted by molar-refractivity contribution is 0.505. The van der Waals surface area contributed by atoms with Crippen LogP contribution in [0, 0.1) is 17.5 Å². The summed E-state index contributed by atoms with van der Waals surface area (Å²) in [6.07, 6.45) is 2.50. The van der Waals surface area contributed by atoms with E-state index in [2.05, 4.69) is 15.0 Å². The smallest absolute Gasteiger partial charge is 0.265 e. The average Bonchev–Trinajstić information content (AvgIpc) is 2.79. The van der Waals surface area contributed by atoms with E-state index in [-0.39, 0.29) is 35.0 Å². The first-order valence-electron chi connectivity index (χ1n) is 9.55. The van der Waals surface area contributed by atoms with Crippen LogP contribution in [-0.2, 0) is 10.0 Å². The maximum Gasteiger partial charge on any atom is 0.265 e. The summed E-state index contributed by atoms with van der Waals surface area (Å²) in [4.78, 5) is 10.6. The van der Waals surface area contributed by atoms with Crippen LogP contribution >= 0.6 is 0 Å². The van der Waals surface area contributed by atoms with Crippen LogP contribution in [0.1, 0.15) is 11.3 Å². The molecule has 0 bridgehead atoms. The first-order valence-corrected chi connectivity index (χ1v) is 11.0. The molecule has 0 atom stereocenters. The van der Waals surface area contributed by atoms with E-state index < -0.39 is 44.7 Å². The minimum atomic E-state index is -4.69. The van der Waals surface area contributed by atoms with E-state index in [1.165, 1.54) is 30.6 Å². The summed E-state index contributed by atoms with van der Waals surface area (Å²) < 4.78 is 82.3. The molecule has 2 aromatic carbocycles. The van der Waals surface area contributed by atoms with Gasteiger partial charge >= 0.3 is 0 Å². The minimum absolute atomic E-state index is 0.0673. The number of rotatable bonds is 8. The second-order valence-corrected chi connectivity index (χ2v) is 8.35. The molecule has 0 saturated heterocycles. The van der Waals surface area contributed by atoms with Gasteiger partial charge in [0.2, 0.25) is 5.95 Å². The van der Waals surface area contributed by atoms with E-state index in [0.717, 1.165) is 12.1 Å². The Labute approximate surface area is 192 Å². The normalized spacial score (nSPS) is 12.6. The largest absolute Gasteiger partial charge is 0.398 e. The van der Waals surface area contributed by atoms with Crippen LogP contribution in [0.25, 0.3) is 11.3 Å². The molecule has 0 amide bonds. The molecule has 8 nitrogen and oxygen atoms in total. The molecule has 0 unspecified atom stereocenters. The molecule has 34 heavy (non-hydrogen) atoms. The molecule has 0 aliphatic heterocycles. The number of benzene rings is 2. The van der Waals surface area contributed by atoms with Crippen molar-refractivity contribution < 1.29 is 26.0 Å². The third-order valence-electron chi connectivity index (χ3n) is 4.39. The van der Waals surface area contributed by atoms with Gasteiger partial charge in [-0.3, -0.25) is 9.71 Å². The van der Waals surface area contributed by atoms with Crippen LogP contribution in [0.4, 0.5) is 29.2 Å². The van der Waals surface area contributed by atoms with Crippen molar-refractivity contribution in [2.75, 3.05) is 23.7 Å². The topological polar surface area (TPSA) is 136 Å². The van der Waals surface area contributed by atoms with Crippen molar-refractivity contribution in [1.82, 2.24) is 9.97 Å². The van der Waals surface area contributed by atoms with Crippen LogP contribution in [0.3, 0.4) is 0 Å². The van der Waals surface area contributed by atoms with Crippen LogP contribution in [0.15, 0.2) is 58.5 Å². The monoisotopic (exact) mass is 494 g/mol. The second kappa shape index (κ2) is 10.3. The number of hydrogen-bond acceptors (Lipinski definition) is 7. The lowest BCUT2D eigenvalue weighted by Gasteiger charge is -2.14. The van der Waals surface area contributed by atoms with Crippen molar-refractivity contribution in [3.8, 4) is 0 Å². The van der Waals surface area contributed by atoms with E-state index in [9.17, 15) is 21.6 Å². The van der Waals surface area contributed by atoms with Gasteiger partial charge in [0.25, 0.3) is 10.0 Å². The molecular weight excluding hydrogens is 476 g/mol. The summed E-state index contributed by atoms with van der Waals surface area (Å²) >= 11 is 0. The van der Waals surface area contributed by atoms with E-state index in [0.29, 0.717) is 12.1 Å². The second-order valence-electron chi connectivity index (χ2n) is 6.70. The van der Waals surface area contributed by atoms with E-state index in [4.69, 9.17) is 11.5 Å². The quantitative estimate of drug-likeness (QED) is 0.325. The van der Waals surface area contributed by atoms with Crippen molar-refractivity contribution in [1.29, 1.82) is 0 Å². The van der Waals surface area contributed by atoms with Gasteiger partial charge in [-0.15, -0.1) is 0 Å². The molecule has 3 rings (SSSR count). The fourth-order valence-electron chi connectivity index (χ4n) is 2.85. The summed E-state index contributed by atoms with van der Waals surface area (Å²) in [6.45, 7) is -0.948. The number of sulfonamides is 1. The summed E-state index contributed by atoms with van der Waals surface area (Å²) in [5.74, 6) is -3.44. The predicted octanol–water partition coefficient (Wildman–Crippen LogP) is 3.14. The Hall–Kier alpha value is -4.00. The molecule has 0 fully saturated rings. The van der Waals surface area contributed by atoms with Crippen LogP contribution in [0.5, 0.6) is 0 Å². The zero-order valence-electron chi connectivity index (χ0n) is 17.3. The lowest BCUT2D eigenvalue weighted by atomic mass is 10.0. The molecular formula is C21H18F4N6O2S. The highest BCUT2D eigenvalue weighted by molar-refractivity contribution is 7.92. The Bertz CT molecular complexity index is 1380. The molecule has 13 heteroatoms. The number of nitrogens with one attached hydrogen (secondary N) is 1. The summed E-state index contributed by atoms with van der Waals surface area (Å²) in [5, 5.41) is 0. The molecule has 0 aliphatic rings. The Kier molecular flexibility index (Phi) is 7.46. The molecule has 5 N–H and O–H groups in total. The third-order valence-corrected chi connectivity index (χ3v) is 5.77. The number of aliphatic imine (C=N–C) groups is 1. The highest BCUT2D eigenvalue weighted by Gasteiger charge is 2.23. The van der Waals surface area contributed by atoms with Gasteiger partial charge in [-0.1, -0.05) is 6.07 Å². The highest BCUT2D eigenvalue weighted by atomic mass is 32.2. The SMILES string of the molecule is NC(=C(C=NCCF)c1ccnc(N)n1)c1cccc(NS(=O)(=O)c2cc(F)ccc2F)c1F. The Morgan fingerprint density at radius 1 is 1.15 bits per heavy atom. The van der Waals surface area contributed by atoms with Gasteiger partial charge in [0.05, 0.1) is 23.6 Å². The number of nitrogens with zero attached hydrogens (tertiary/aromatic N) is 3. The Balaban J connectivity index is 2.10. The van der Waals surface area contributed by atoms with E-state index in [1.54, 1.807) is 0 Å². The number of anilines is 2. The first kappa shape index (κ1) is 24.6. The van der Waals surface area contributed by atoms with Gasteiger partial charge in [0, 0.05) is 23.5 Å². The maximum atomic E-state index is 15.3. The third kappa shape index (κ3) is 5.49. The van der Waals surface area contributed by atoms with Crippen molar-refractivity contribution in [2.24, 2.45) is 10.7 Å². The number of alkyl halides is 1. The first-order chi connectivity index (χ1) is 16.1. The number of aromatic nitrogens is 2. The van der Waals surface area contributed by atoms with Crippen molar-refractivity contribution in [3.05, 3.63) is 77.4 Å². The maximum absolute atomic E-state index is 15.3.